The summed E-state index contributed by atoms with van der Waals surface area (Å²) in [5.41, 5.74) is -2.00. The van der Waals surface area contributed by atoms with Crippen molar-refractivity contribution in [1.82, 2.24) is 4.72 Å². The minimum absolute atomic E-state index is 0.0288. The molecule has 3 amide bonds. The Balaban J connectivity index is 1.76. The normalized spacial score (nSPS) is 19.8. The van der Waals surface area contributed by atoms with Crippen LogP contribution in [0.2, 0.25) is 10.0 Å². The first-order chi connectivity index (χ1) is 22.6. The SMILES string of the molecule is Cc1ccc(F)cc1C1N(c2cc(Cl)ccc2OCS(=O)(=O)NC(C)(C)C)C(=O)CCC12C(=O)N(C(=O)OC(C)(C)C)c1cc(Cl)ccc12. The lowest BCUT2D eigenvalue weighted by Crippen LogP contribution is -2.57. The van der Waals surface area contributed by atoms with Gasteiger partial charge in [-0.2, -0.15) is 0 Å². The average molecular weight is 735 g/mol. The van der Waals surface area contributed by atoms with Crippen molar-refractivity contribution in [3.05, 3.63) is 87.2 Å². The number of benzene rings is 3. The van der Waals surface area contributed by atoms with Gasteiger partial charge in [0.25, 0.3) is 0 Å². The van der Waals surface area contributed by atoms with Crippen LogP contribution in [0.15, 0.2) is 54.6 Å². The minimum Gasteiger partial charge on any atom is -0.474 e. The molecule has 1 saturated heterocycles. The Kier molecular flexibility index (Phi) is 9.61. The Hall–Kier alpha value is -3.71. The third-order valence-corrected chi connectivity index (χ3v) is 9.94. The lowest BCUT2D eigenvalue weighted by atomic mass is 9.65. The summed E-state index contributed by atoms with van der Waals surface area (Å²) >= 11 is 12.9. The molecule has 2 heterocycles. The number of aryl methyl sites for hydroxylation is 1. The van der Waals surface area contributed by atoms with Crippen molar-refractivity contribution in [1.29, 1.82) is 0 Å². The van der Waals surface area contributed by atoms with Crippen molar-refractivity contribution in [3.8, 4) is 5.75 Å². The minimum atomic E-state index is -3.98. The van der Waals surface area contributed by atoms with Crippen molar-refractivity contribution >= 4 is 62.5 Å². The van der Waals surface area contributed by atoms with Gasteiger partial charge in [-0.15, -0.1) is 0 Å². The molecule has 1 N–H and O–H groups in total. The number of halogens is 3. The number of hydrogen-bond acceptors (Lipinski definition) is 7. The lowest BCUT2D eigenvalue weighted by molar-refractivity contribution is -0.128. The zero-order chi connectivity index (χ0) is 36.3. The van der Waals surface area contributed by atoms with E-state index in [-0.39, 0.29) is 45.6 Å². The number of fused-ring (bicyclic) bond motifs is 2. The second kappa shape index (κ2) is 12.9. The van der Waals surface area contributed by atoms with Crippen LogP contribution in [0.3, 0.4) is 0 Å². The number of nitrogens with zero attached hydrogens (tertiary/aromatic N) is 2. The molecule has 1 spiro atoms. The van der Waals surface area contributed by atoms with Crippen LogP contribution in [0.25, 0.3) is 0 Å². The largest absolute Gasteiger partial charge is 0.474 e. The van der Waals surface area contributed by atoms with Crippen LogP contribution in [-0.4, -0.2) is 43.4 Å². The fraction of sp³-hybridized carbons (Fsp3) is 0.400. The molecule has 2 aliphatic heterocycles. The van der Waals surface area contributed by atoms with Crippen molar-refractivity contribution in [3.63, 3.8) is 0 Å². The van der Waals surface area contributed by atoms with Crippen molar-refractivity contribution < 1.29 is 36.7 Å². The van der Waals surface area contributed by atoms with Gasteiger partial charge in [0, 0.05) is 22.0 Å². The molecule has 5 rings (SSSR count). The van der Waals surface area contributed by atoms with Gasteiger partial charge in [0.2, 0.25) is 27.8 Å². The lowest BCUT2D eigenvalue weighted by Gasteiger charge is -2.48. The van der Waals surface area contributed by atoms with E-state index in [0.717, 1.165) is 4.90 Å². The van der Waals surface area contributed by atoms with Crippen LogP contribution in [0.4, 0.5) is 20.6 Å². The number of piperidine rings is 1. The van der Waals surface area contributed by atoms with Crippen LogP contribution >= 0.6 is 23.2 Å². The molecule has 0 aromatic heterocycles. The molecule has 2 aliphatic rings. The highest BCUT2D eigenvalue weighted by Gasteiger charge is 2.63. The summed E-state index contributed by atoms with van der Waals surface area (Å²) in [6.45, 7) is 11.8. The maximum atomic E-state index is 15.2. The van der Waals surface area contributed by atoms with E-state index in [1.54, 1.807) is 60.6 Å². The molecular weight excluding hydrogens is 696 g/mol. The highest BCUT2D eigenvalue weighted by molar-refractivity contribution is 7.89. The summed E-state index contributed by atoms with van der Waals surface area (Å²) in [6.07, 6.45) is -1.19. The van der Waals surface area contributed by atoms with Gasteiger partial charge in [-0.25, -0.2) is 27.2 Å². The number of imide groups is 1. The van der Waals surface area contributed by atoms with Crippen molar-refractivity contribution in [2.24, 2.45) is 0 Å². The molecular formula is C35H38Cl2FN3O7S. The Bertz CT molecular complexity index is 1960. The molecule has 262 valence electrons. The summed E-state index contributed by atoms with van der Waals surface area (Å²) in [5, 5.41) is 0.426. The van der Waals surface area contributed by atoms with E-state index in [9.17, 15) is 22.8 Å². The molecule has 2 atom stereocenters. The Morgan fingerprint density at radius 2 is 1.61 bits per heavy atom. The smallest absolute Gasteiger partial charge is 0.421 e. The van der Waals surface area contributed by atoms with Crippen molar-refractivity contribution in [2.45, 2.75) is 83.9 Å². The van der Waals surface area contributed by atoms with E-state index in [2.05, 4.69) is 4.72 Å². The number of carbonyl (C=O) groups is 3. The Morgan fingerprint density at radius 1 is 0.980 bits per heavy atom. The van der Waals surface area contributed by atoms with E-state index in [4.69, 9.17) is 32.7 Å². The number of anilines is 2. The number of rotatable bonds is 6. The summed E-state index contributed by atoms with van der Waals surface area (Å²) < 4.78 is 55.0. The topological polar surface area (TPSA) is 122 Å². The van der Waals surface area contributed by atoms with Crippen LogP contribution < -0.4 is 19.3 Å². The van der Waals surface area contributed by atoms with Gasteiger partial charge in [0.05, 0.1) is 17.4 Å². The molecule has 2 unspecified atom stereocenters. The van der Waals surface area contributed by atoms with E-state index in [1.807, 2.05) is 0 Å². The predicted molar refractivity (Wildman–Crippen MR) is 186 cm³/mol. The quantitative estimate of drug-likeness (QED) is 0.277. The highest BCUT2D eigenvalue weighted by atomic mass is 35.5. The Labute approximate surface area is 295 Å². The zero-order valence-electron chi connectivity index (χ0n) is 28.2. The van der Waals surface area contributed by atoms with Crippen LogP contribution in [0.1, 0.15) is 77.1 Å². The first-order valence-electron chi connectivity index (χ1n) is 15.5. The molecule has 3 aromatic carbocycles. The van der Waals surface area contributed by atoms with Gasteiger partial charge in [-0.05, 0) is 114 Å². The third kappa shape index (κ3) is 7.28. The summed E-state index contributed by atoms with van der Waals surface area (Å²) in [7, 11) is -3.98. The van der Waals surface area contributed by atoms with Gasteiger partial charge in [-0.1, -0.05) is 35.3 Å². The number of amides is 3. The first kappa shape index (κ1) is 36.6. The van der Waals surface area contributed by atoms with Crippen LogP contribution in [-0.2, 0) is 29.8 Å². The fourth-order valence-electron chi connectivity index (χ4n) is 6.43. The van der Waals surface area contributed by atoms with E-state index in [1.165, 1.54) is 47.4 Å². The zero-order valence-corrected chi connectivity index (χ0v) is 30.5. The molecule has 10 nitrogen and oxygen atoms in total. The summed E-state index contributed by atoms with van der Waals surface area (Å²) in [6, 6.07) is 11.8. The first-order valence-corrected chi connectivity index (χ1v) is 17.9. The van der Waals surface area contributed by atoms with E-state index >= 15 is 4.39 Å². The molecule has 0 bridgehead atoms. The van der Waals surface area contributed by atoms with Crippen LogP contribution in [0, 0.1) is 12.7 Å². The number of sulfonamides is 1. The van der Waals surface area contributed by atoms with Gasteiger partial charge >= 0.3 is 6.09 Å². The average Bonchev–Trinajstić information content (AvgIpc) is 3.19. The predicted octanol–water partition coefficient (Wildman–Crippen LogP) is 7.58. The van der Waals surface area contributed by atoms with E-state index < -0.39 is 62.3 Å². The fourth-order valence-corrected chi connectivity index (χ4v) is 8.04. The molecule has 49 heavy (non-hydrogen) atoms. The van der Waals surface area contributed by atoms with Gasteiger partial charge in [0.1, 0.15) is 22.6 Å². The van der Waals surface area contributed by atoms with Gasteiger partial charge < -0.3 is 9.47 Å². The van der Waals surface area contributed by atoms with Crippen molar-refractivity contribution in [2.75, 3.05) is 15.7 Å². The maximum absolute atomic E-state index is 15.2. The highest BCUT2D eigenvalue weighted by Crippen LogP contribution is 2.58. The number of carbonyl (C=O) groups excluding carboxylic acids is 3. The monoisotopic (exact) mass is 733 g/mol. The standard InChI is InChI=1S/C35H38Cl2FN3O7S/c1-20-8-11-23(38)18-24(20)30-35(25-12-9-21(36)16-26(25)41(31(35)43)32(44)48-34(5,6)7)15-14-29(42)40(30)27-17-22(37)10-13-28(27)47-19-49(45,46)39-33(2,3)4/h8-13,16-18,30,39H,14-15,19H2,1-7H3. The number of nitrogens with one attached hydrogen (secondary N) is 1. The number of ether oxygens (including phenoxy) is 2. The van der Waals surface area contributed by atoms with Gasteiger partial charge in [-0.3, -0.25) is 14.5 Å². The molecule has 3 aromatic rings. The van der Waals surface area contributed by atoms with Gasteiger partial charge in [0.15, 0.2) is 0 Å². The molecule has 0 aliphatic carbocycles. The Morgan fingerprint density at radius 3 is 2.24 bits per heavy atom. The summed E-state index contributed by atoms with van der Waals surface area (Å²) in [5.74, 6) is -2.63. The second-order valence-corrected chi connectivity index (χ2v) is 16.8. The number of hydrogen-bond donors (Lipinski definition) is 1. The molecule has 1 fully saturated rings. The third-order valence-electron chi connectivity index (χ3n) is 8.12. The molecule has 0 saturated carbocycles. The molecule has 0 radical (unpaired) electrons. The van der Waals surface area contributed by atoms with E-state index in [0.29, 0.717) is 11.1 Å². The summed E-state index contributed by atoms with van der Waals surface area (Å²) in [4.78, 5) is 45.1. The van der Waals surface area contributed by atoms with Crippen LogP contribution in [0.5, 0.6) is 5.75 Å². The maximum Gasteiger partial charge on any atom is 0.421 e. The second-order valence-electron chi connectivity index (χ2n) is 14.3. The molecule has 14 heteroatoms.